The largest absolute Gasteiger partial charge is 0.462 e. The van der Waals surface area contributed by atoms with E-state index in [1.165, 1.54) is 6.07 Å². The second-order valence-electron chi connectivity index (χ2n) is 6.94. The highest BCUT2D eigenvalue weighted by Gasteiger charge is 2.72. The van der Waals surface area contributed by atoms with Crippen molar-refractivity contribution in [1.82, 2.24) is 0 Å². The molecule has 4 atom stereocenters. The van der Waals surface area contributed by atoms with Crippen molar-refractivity contribution in [3.05, 3.63) is 42.0 Å². The molecule has 0 radical (unpaired) electrons. The highest BCUT2D eigenvalue weighted by Crippen LogP contribution is 2.57. The second-order valence-corrected chi connectivity index (χ2v) is 6.94. The Morgan fingerprint density at radius 1 is 1.23 bits per heavy atom. The van der Waals surface area contributed by atoms with Crippen LogP contribution in [0.25, 0.3) is 0 Å². The molecule has 3 aliphatic heterocycles. The third-order valence-electron chi connectivity index (χ3n) is 5.44. The zero-order valence-electron chi connectivity index (χ0n) is 14.5. The van der Waals surface area contributed by atoms with Gasteiger partial charge in [0.1, 0.15) is 5.60 Å². The molecule has 4 rings (SSSR count). The van der Waals surface area contributed by atoms with Gasteiger partial charge in [0.15, 0.2) is 0 Å². The molecular formula is C19H19NO6. The lowest BCUT2D eigenvalue weighted by Gasteiger charge is -2.27. The van der Waals surface area contributed by atoms with Crippen LogP contribution >= 0.6 is 0 Å². The van der Waals surface area contributed by atoms with Gasteiger partial charge in [0, 0.05) is 0 Å². The normalized spacial score (nSPS) is 34.5. The first kappa shape index (κ1) is 16.9. The SMILES string of the molecule is CCOC(=O)c1ccccc1N1C(=O)[C@@H]2[C@H](C1=O)[C@@]1(CO)C=C[C@@]2(C)O1. The van der Waals surface area contributed by atoms with Crippen molar-refractivity contribution in [2.75, 3.05) is 18.1 Å². The van der Waals surface area contributed by atoms with Gasteiger partial charge in [-0.3, -0.25) is 9.59 Å². The van der Waals surface area contributed by atoms with Gasteiger partial charge in [-0.25, -0.2) is 9.69 Å². The summed E-state index contributed by atoms with van der Waals surface area (Å²) in [4.78, 5) is 39.6. The van der Waals surface area contributed by atoms with Crippen molar-refractivity contribution in [3.8, 4) is 0 Å². The number of nitrogens with zero attached hydrogens (tertiary/aromatic N) is 1. The fourth-order valence-corrected chi connectivity index (χ4v) is 4.33. The summed E-state index contributed by atoms with van der Waals surface area (Å²) < 4.78 is 10.9. The van der Waals surface area contributed by atoms with Crippen LogP contribution in [-0.4, -0.2) is 47.3 Å². The van der Waals surface area contributed by atoms with Gasteiger partial charge in [-0.2, -0.15) is 0 Å². The van der Waals surface area contributed by atoms with Crippen LogP contribution < -0.4 is 4.90 Å². The summed E-state index contributed by atoms with van der Waals surface area (Å²) in [5.74, 6) is -3.05. The van der Waals surface area contributed by atoms with Gasteiger partial charge in [0.2, 0.25) is 11.8 Å². The van der Waals surface area contributed by atoms with E-state index in [0.29, 0.717) is 0 Å². The summed E-state index contributed by atoms with van der Waals surface area (Å²) in [5.41, 5.74) is -1.79. The summed E-state index contributed by atoms with van der Waals surface area (Å²) in [6, 6.07) is 6.37. The van der Waals surface area contributed by atoms with Crippen LogP contribution in [0.4, 0.5) is 5.69 Å². The number of aliphatic hydroxyl groups excluding tert-OH is 1. The van der Waals surface area contributed by atoms with Crippen LogP contribution in [0.5, 0.6) is 0 Å². The van der Waals surface area contributed by atoms with E-state index < -0.39 is 47.4 Å². The topological polar surface area (TPSA) is 93.1 Å². The lowest BCUT2D eigenvalue weighted by Crippen LogP contribution is -2.43. The molecule has 2 fully saturated rings. The first-order valence-electron chi connectivity index (χ1n) is 8.54. The number of rotatable bonds is 4. The summed E-state index contributed by atoms with van der Waals surface area (Å²) in [5, 5.41) is 9.85. The van der Waals surface area contributed by atoms with Gasteiger partial charge >= 0.3 is 5.97 Å². The van der Waals surface area contributed by atoms with Crippen molar-refractivity contribution in [1.29, 1.82) is 0 Å². The lowest BCUT2D eigenvalue weighted by atomic mass is 9.73. The van der Waals surface area contributed by atoms with E-state index in [9.17, 15) is 19.5 Å². The highest BCUT2D eigenvalue weighted by atomic mass is 16.5. The Bertz CT molecular complexity index is 848. The zero-order valence-corrected chi connectivity index (χ0v) is 14.5. The van der Waals surface area contributed by atoms with Crippen molar-refractivity contribution in [2.24, 2.45) is 11.8 Å². The molecule has 1 N–H and O–H groups in total. The van der Waals surface area contributed by atoms with E-state index >= 15 is 0 Å². The minimum absolute atomic E-state index is 0.153. The summed E-state index contributed by atoms with van der Waals surface area (Å²) in [6.07, 6.45) is 3.40. The average Bonchev–Trinajstić information content (AvgIpc) is 3.21. The van der Waals surface area contributed by atoms with E-state index in [-0.39, 0.29) is 17.9 Å². The third-order valence-corrected chi connectivity index (χ3v) is 5.44. The van der Waals surface area contributed by atoms with Gasteiger partial charge in [-0.05, 0) is 26.0 Å². The smallest absolute Gasteiger partial charge is 0.340 e. The van der Waals surface area contributed by atoms with Crippen molar-refractivity contribution in [2.45, 2.75) is 25.0 Å². The molecule has 0 aliphatic carbocycles. The Kier molecular flexibility index (Phi) is 3.58. The fourth-order valence-electron chi connectivity index (χ4n) is 4.33. The van der Waals surface area contributed by atoms with Gasteiger partial charge in [-0.15, -0.1) is 0 Å². The number of amides is 2. The molecule has 2 bridgehead atoms. The lowest BCUT2D eigenvalue weighted by molar-refractivity contribution is -0.131. The molecule has 136 valence electrons. The molecule has 3 heterocycles. The van der Waals surface area contributed by atoms with Crippen molar-refractivity contribution in [3.63, 3.8) is 0 Å². The number of imide groups is 1. The quantitative estimate of drug-likeness (QED) is 0.492. The first-order chi connectivity index (χ1) is 12.4. The maximum Gasteiger partial charge on any atom is 0.340 e. The average molecular weight is 357 g/mol. The third kappa shape index (κ3) is 1.98. The maximum atomic E-state index is 13.2. The second kappa shape index (κ2) is 5.49. The van der Waals surface area contributed by atoms with Gasteiger partial charge < -0.3 is 14.6 Å². The summed E-state index contributed by atoms with van der Waals surface area (Å²) >= 11 is 0. The van der Waals surface area contributed by atoms with Crippen LogP contribution in [0.3, 0.4) is 0 Å². The highest BCUT2D eigenvalue weighted by molar-refractivity contribution is 6.25. The Hall–Kier alpha value is -2.51. The number of aliphatic hydroxyl groups is 1. The monoisotopic (exact) mass is 357 g/mol. The van der Waals surface area contributed by atoms with E-state index in [1.807, 2.05) is 0 Å². The molecule has 3 aliphatic rings. The fraction of sp³-hybridized carbons (Fsp3) is 0.421. The predicted octanol–water partition coefficient (Wildman–Crippen LogP) is 1.06. The number of carbonyl (C=O) groups excluding carboxylic acids is 3. The minimum atomic E-state index is -1.19. The molecule has 1 aromatic rings. The standard InChI is InChI=1S/C19H19NO6/c1-3-25-17(24)11-6-4-5-7-12(11)20-15(22)13-14(16(20)23)19(10-21)9-8-18(13,2)26-19/h4-9,13-14,21H,3,10H2,1-2H3/t13-,14+,18+,19-/m0/s1. The zero-order chi connectivity index (χ0) is 18.7. The van der Waals surface area contributed by atoms with Crippen molar-refractivity contribution >= 4 is 23.5 Å². The molecule has 2 saturated heterocycles. The number of para-hydroxylation sites is 1. The van der Waals surface area contributed by atoms with Gasteiger partial charge in [-0.1, -0.05) is 24.3 Å². The van der Waals surface area contributed by atoms with Crippen LogP contribution in [-0.2, 0) is 19.1 Å². The van der Waals surface area contributed by atoms with Crippen LogP contribution in [0.2, 0.25) is 0 Å². The molecule has 7 heteroatoms. The Balaban J connectivity index is 1.79. The number of fused-ring (bicyclic) bond motifs is 5. The number of carbonyl (C=O) groups is 3. The van der Waals surface area contributed by atoms with Crippen LogP contribution in [0, 0.1) is 11.8 Å². The maximum absolute atomic E-state index is 13.2. The van der Waals surface area contributed by atoms with E-state index in [1.54, 1.807) is 44.2 Å². The van der Waals surface area contributed by atoms with E-state index in [4.69, 9.17) is 9.47 Å². The van der Waals surface area contributed by atoms with Gasteiger partial charge in [0.05, 0.1) is 41.9 Å². The molecule has 0 spiro atoms. The van der Waals surface area contributed by atoms with Crippen LogP contribution in [0.15, 0.2) is 36.4 Å². The number of benzene rings is 1. The summed E-state index contributed by atoms with van der Waals surface area (Å²) in [7, 11) is 0. The number of hydrogen-bond donors (Lipinski definition) is 1. The first-order valence-corrected chi connectivity index (χ1v) is 8.54. The molecule has 26 heavy (non-hydrogen) atoms. The van der Waals surface area contributed by atoms with E-state index in [0.717, 1.165) is 4.90 Å². The van der Waals surface area contributed by atoms with Crippen LogP contribution in [0.1, 0.15) is 24.2 Å². The Morgan fingerprint density at radius 3 is 2.62 bits per heavy atom. The molecule has 1 aromatic carbocycles. The molecule has 7 nitrogen and oxygen atoms in total. The molecule has 0 unspecified atom stereocenters. The Morgan fingerprint density at radius 2 is 1.92 bits per heavy atom. The van der Waals surface area contributed by atoms with Crippen molar-refractivity contribution < 1.29 is 29.0 Å². The number of esters is 1. The van der Waals surface area contributed by atoms with Gasteiger partial charge in [0.25, 0.3) is 0 Å². The molecular weight excluding hydrogens is 338 g/mol. The number of ether oxygens (including phenoxy) is 2. The minimum Gasteiger partial charge on any atom is -0.462 e. The number of hydrogen-bond acceptors (Lipinski definition) is 6. The molecule has 0 saturated carbocycles. The van der Waals surface area contributed by atoms with E-state index in [2.05, 4.69) is 0 Å². The molecule has 0 aromatic heterocycles. The Labute approximate surface area is 150 Å². The summed E-state index contributed by atoms with van der Waals surface area (Å²) in [6.45, 7) is 3.21. The number of anilines is 1. The predicted molar refractivity (Wildman–Crippen MR) is 90.3 cm³/mol. The molecule has 2 amide bonds.